The molecule has 172 valence electrons. The lowest BCUT2D eigenvalue weighted by atomic mass is 10.1. The molecule has 2 aromatic heterocycles. The van der Waals surface area contributed by atoms with E-state index >= 15 is 0 Å². The molecule has 32 heavy (non-hydrogen) atoms. The lowest BCUT2D eigenvalue weighted by Crippen LogP contribution is -2.44. The van der Waals surface area contributed by atoms with Crippen molar-refractivity contribution in [1.82, 2.24) is 14.9 Å². The van der Waals surface area contributed by atoms with Crippen LogP contribution in [-0.2, 0) is 16.1 Å². The molecule has 4 rings (SSSR count). The molecule has 1 saturated heterocycles. The zero-order valence-electron chi connectivity index (χ0n) is 17.7. The summed E-state index contributed by atoms with van der Waals surface area (Å²) in [5.41, 5.74) is 1.83. The quantitative estimate of drug-likeness (QED) is 0.740. The van der Waals surface area contributed by atoms with Crippen molar-refractivity contribution in [2.24, 2.45) is 0 Å². The molecular formula is C20H22F3N5O3S. The summed E-state index contributed by atoms with van der Waals surface area (Å²) < 4.78 is 45.5. The maximum Gasteiger partial charge on any atom is 0.408 e. The van der Waals surface area contributed by atoms with Gasteiger partial charge in [0.05, 0.1) is 35.0 Å². The van der Waals surface area contributed by atoms with Gasteiger partial charge in [-0.2, -0.15) is 13.2 Å². The average molecular weight is 469 g/mol. The van der Waals surface area contributed by atoms with E-state index in [0.717, 1.165) is 11.8 Å². The van der Waals surface area contributed by atoms with Gasteiger partial charge in [-0.3, -0.25) is 9.59 Å². The Morgan fingerprint density at radius 2 is 1.97 bits per heavy atom. The highest BCUT2D eigenvalue weighted by Crippen LogP contribution is 2.40. The topological polar surface area (TPSA) is 87.7 Å². The van der Waals surface area contributed by atoms with E-state index in [-0.39, 0.29) is 18.0 Å². The molecule has 8 nitrogen and oxygen atoms in total. The van der Waals surface area contributed by atoms with Gasteiger partial charge in [-0.1, -0.05) is 11.3 Å². The van der Waals surface area contributed by atoms with Crippen LogP contribution >= 0.6 is 11.3 Å². The van der Waals surface area contributed by atoms with Crippen molar-refractivity contribution in [1.29, 1.82) is 0 Å². The second-order valence-corrected chi connectivity index (χ2v) is 8.73. The van der Waals surface area contributed by atoms with Gasteiger partial charge >= 0.3 is 6.18 Å². The SMILES string of the molecule is CC(=O)Nc1nc(C)c(-c2cc3c(c(N4CCOCC4)n2)C(=O)N(C(C)C(F)(F)F)C3)s1. The monoisotopic (exact) mass is 469 g/mol. The maximum atomic E-state index is 13.4. The number of nitrogens with one attached hydrogen (secondary N) is 1. The Hall–Kier alpha value is -2.73. The minimum Gasteiger partial charge on any atom is -0.378 e. The molecule has 0 radical (unpaired) electrons. The molecule has 2 amide bonds. The van der Waals surface area contributed by atoms with Crippen molar-refractivity contribution in [2.75, 3.05) is 36.5 Å². The molecule has 1 atom stereocenters. The number of anilines is 2. The normalized spacial score (nSPS) is 17.5. The summed E-state index contributed by atoms with van der Waals surface area (Å²) >= 11 is 1.23. The lowest BCUT2D eigenvalue weighted by molar-refractivity contribution is -0.172. The number of aromatic nitrogens is 2. The van der Waals surface area contributed by atoms with Gasteiger partial charge in [-0.25, -0.2) is 9.97 Å². The zero-order chi connectivity index (χ0) is 23.2. The van der Waals surface area contributed by atoms with Gasteiger partial charge in [-0.15, -0.1) is 0 Å². The summed E-state index contributed by atoms with van der Waals surface area (Å²) in [7, 11) is 0. The van der Waals surface area contributed by atoms with Gasteiger partial charge in [0.15, 0.2) is 5.13 Å². The largest absolute Gasteiger partial charge is 0.408 e. The molecule has 1 fully saturated rings. The van der Waals surface area contributed by atoms with Gasteiger partial charge < -0.3 is 19.9 Å². The molecule has 4 heterocycles. The molecule has 0 aliphatic carbocycles. The summed E-state index contributed by atoms with van der Waals surface area (Å²) in [4.78, 5) is 36.9. The number of rotatable bonds is 4. The lowest BCUT2D eigenvalue weighted by Gasteiger charge is -2.30. The van der Waals surface area contributed by atoms with E-state index in [2.05, 4.69) is 10.3 Å². The van der Waals surface area contributed by atoms with Crippen molar-refractivity contribution in [3.8, 4) is 10.6 Å². The van der Waals surface area contributed by atoms with Crippen LogP contribution in [0.1, 0.15) is 35.5 Å². The second kappa shape index (κ2) is 8.32. The predicted molar refractivity (Wildman–Crippen MR) is 113 cm³/mol. The van der Waals surface area contributed by atoms with Crippen LogP contribution in [0, 0.1) is 6.92 Å². The first kappa shape index (κ1) is 22.5. The second-order valence-electron chi connectivity index (χ2n) is 7.73. The van der Waals surface area contributed by atoms with Crippen LogP contribution in [0.4, 0.5) is 24.1 Å². The highest BCUT2D eigenvalue weighted by atomic mass is 32.1. The number of carbonyl (C=O) groups is 2. The minimum absolute atomic E-state index is 0.155. The van der Waals surface area contributed by atoms with E-state index in [1.807, 2.05) is 4.90 Å². The Bertz CT molecular complexity index is 1070. The first-order chi connectivity index (χ1) is 15.1. The van der Waals surface area contributed by atoms with E-state index in [4.69, 9.17) is 9.72 Å². The summed E-state index contributed by atoms with van der Waals surface area (Å²) in [6.07, 6.45) is -4.53. The number of ether oxygens (including phenoxy) is 1. The van der Waals surface area contributed by atoms with Crippen LogP contribution in [-0.4, -0.2) is 65.2 Å². The molecule has 0 spiro atoms. The van der Waals surface area contributed by atoms with Crippen LogP contribution < -0.4 is 10.2 Å². The molecular weight excluding hydrogens is 447 g/mol. The predicted octanol–water partition coefficient (Wildman–Crippen LogP) is 3.22. The van der Waals surface area contributed by atoms with E-state index in [0.29, 0.717) is 59.1 Å². The van der Waals surface area contributed by atoms with Crippen molar-refractivity contribution in [3.05, 3.63) is 22.9 Å². The Labute approximate surface area is 186 Å². The number of aryl methyl sites for hydroxylation is 1. The fourth-order valence-electron chi connectivity index (χ4n) is 3.79. The molecule has 2 aliphatic rings. The first-order valence-corrected chi connectivity index (χ1v) is 10.9. The number of pyridine rings is 1. The Balaban J connectivity index is 1.80. The van der Waals surface area contributed by atoms with Crippen molar-refractivity contribution in [3.63, 3.8) is 0 Å². The number of carbonyl (C=O) groups excluding carboxylic acids is 2. The number of morpholine rings is 1. The Kier molecular flexibility index (Phi) is 5.84. The number of halogens is 3. The number of hydrogen-bond acceptors (Lipinski definition) is 7. The first-order valence-electron chi connectivity index (χ1n) is 10.1. The Morgan fingerprint density at radius 3 is 2.59 bits per heavy atom. The van der Waals surface area contributed by atoms with E-state index in [1.165, 1.54) is 18.3 Å². The number of nitrogens with zero attached hydrogens (tertiary/aromatic N) is 4. The molecule has 0 saturated carbocycles. The molecule has 2 aliphatic heterocycles. The van der Waals surface area contributed by atoms with E-state index < -0.39 is 18.1 Å². The van der Waals surface area contributed by atoms with Gasteiger partial charge in [0.2, 0.25) is 5.91 Å². The standard InChI is InChI=1S/C20H22F3N5O3S/c1-10-16(32-19(24-10)25-12(3)29)14-8-13-9-28(11(2)20(21,22)23)18(30)15(13)17(26-14)27-4-6-31-7-5-27/h8,11H,4-7,9H2,1-3H3,(H,24,25,29). The smallest absolute Gasteiger partial charge is 0.378 e. The van der Waals surface area contributed by atoms with Crippen LogP contribution in [0.25, 0.3) is 10.6 Å². The fraction of sp³-hybridized carbons (Fsp3) is 0.500. The van der Waals surface area contributed by atoms with Crippen molar-refractivity contribution in [2.45, 2.75) is 39.5 Å². The van der Waals surface area contributed by atoms with Crippen LogP contribution in [0.5, 0.6) is 0 Å². The summed E-state index contributed by atoms with van der Waals surface area (Å²) in [6, 6.07) is -0.266. The number of amides is 2. The zero-order valence-corrected chi connectivity index (χ0v) is 18.6. The third kappa shape index (κ3) is 4.16. The minimum atomic E-state index is -4.53. The highest BCUT2D eigenvalue weighted by Gasteiger charge is 2.46. The number of alkyl halides is 3. The Morgan fingerprint density at radius 1 is 1.28 bits per heavy atom. The highest BCUT2D eigenvalue weighted by molar-refractivity contribution is 7.19. The van der Waals surface area contributed by atoms with Crippen molar-refractivity contribution >= 4 is 34.1 Å². The molecule has 2 aromatic rings. The van der Waals surface area contributed by atoms with E-state index in [1.54, 1.807) is 13.0 Å². The van der Waals surface area contributed by atoms with Gasteiger partial charge in [0.25, 0.3) is 5.91 Å². The van der Waals surface area contributed by atoms with Gasteiger partial charge in [0, 0.05) is 26.6 Å². The molecule has 12 heteroatoms. The molecule has 1 N–H and O–H groups in total. The van der Waals surface area contributed by atoms with Gasteiger partial charge in [0.1, 0.15) is 11.9 Å². The third-order valence-corrected chi connectivity index (χ3v) is 6.56. The molecule has 1 unspecified atom stereocenters. The van der Waals surface area contributed by atoms with Gasteiger partial charge in [-0.05, 0) is 25.5 Å². The summed E-state index contributed by atoms with van der Waals surface area (Å²) in [6.45, 7) is 5.80. The third-order valence-electron chi connectivity index (χ3n) is 5.46. The maximum absolute atomic E-state index is 13.4. The number of hydrogen-bond donors (Lipinski definition) is 1. The number of fused-ring (bicyclic) bond motifs is 1. The van der Waals surface area contributed by atoms with E-state index in [9.17, 15) is 22.8 Å². The fourth-order valence-corrected chi connectivity index (χ4v) is 4.76. The number of thiazole rings is 1. The van der Waals surface area contributed by atoms with Crippen LogP contribution in [0.15, 0.2) is 6.07 Å². The average Bonchev–Trinajstić information content (AvgIpc) is 3.25. The molecule has 0 bridgehead atoms. The summed E-state index contributed by atoms with van der Waals surface area (Å²) in [5, 5.41) is 3.04. The van der Waals surface area contributed by atoms with Crippen LogP contribution in [0.2, 0.25) is 0 Å². The van der Waals surface area contributed by atoms with Crippen molar-refractivity contribution < 1.29 is 27.5 Å². The molecule has 0 aromatic carbocycles. The van der Waals surface area contributed by atoms with Crippen LogP contribution in [0.3, 0.4) is 0 Å². The summed E-state index contributed by atoms with van der Waals surface area (Å²) in [5.74, 6) is -0.578.